The van der Waals surface area contributed by atoms with Crippen LogP contribution in [0.5, 0.6) is 0 Å². The molecule has 0 radical (unpaired) electrons. The van der Waals surface area contributed by atoms with Crippen molar-refractivity contribution in [2.75, 3.05) is 32.6 Å². The molecule has 3 aromatic rings. The summed E-state index contributed by atoms with van der Waals surface area (Å²) in [4.78, 5) is 6.81. The van der Waals surface area contributed by atoms with E-state index in [1.807, 2.05) is 50.5 Å². The van der Waals surface area contributed by atoms with E-state index in [1.165, 1.54) is 6.07 Å². The van der Waals surface area contributed by atoms with Crippen LogP contribution in [0.4, 0.5) is 10.1 Å². The second kappa shape index (κ2) is 10.7. The summed E-state index contributed by atoms with van der Waals surface area (Å²) in [5.41, 5.74) is 1.37. The summed E-state index contributed by atoms with van der Waals surface area (Å²) in [5.74, 6) is 0.296. The molecule has 2 aromatic carbocycles. The lowest BCUT2D eigenvalue weighted by Crippen LogP contribution is -2.38. The zero-order chi connectivity index (χ0) is 20.1. The minimum Gasteiger partial charge on any atom is -0.386 e. The molecule has 0 bridgehead atoms. The van der Waals surface area contributed by atoms with E-state index in [4.69, 9.17) is 0 Å². The summed E-state index contributed by atoms with van der Waals surface area (Å²) in [6.45, 7) is 0.768. The van der Waals surface area contributed by atoms with Crippen molar-refractivity contribution in [3.8, 4) is 0 Å². The number of hydrogen-bond acceptors (Lipinski definition) is 4. The second-order valence-electron chi connectivity index (χ2n) is 6.69. The molecule has 0 spiro atoms. The maximum atomic E-state index is 14.1. The number of rotatable bonds is 6. The Morgan fingerprint density at radius 3 is 2.59 bits per heavy atom. The molecule has 1 atom stereocenters. The molecule has 0 fully saturated rings. The fraction of sp³-hybridized carbons (Fsp3) is 0.286. The highest BCUT2D eigenvalue weighted by molar-refractivity contribution is 14.0. The molecule has 5 nitrogen and oxygen atoms in total. The molecular weight excluding hydrogens is 502 g/mol. The summed E-state index contributed by atoms with van der Waals surface area (Å²) in [6, 6.07) is 15.2. The summed E-state index contributed by atoms with van der Waals surface area (Å²) in [7, 11) is 5.28. The third-order valence-electron chi connectivity index (χ3n) is 4.41. The summed E-state index contributed by atoms with van der Waals surface area (Å²) in [6.07, 6.45) is -0.632. The number of nitrogens with one attached hydrogen (secondary N) is 2. The van der Waals surface area contributed by atoms with E-state index in [9.17, 15) is 9.50 Å². The lowest BCUT2D eigenvalue weighted by Gasteiger charge is -2.16. The Labute approximate surface area is 191 Å². The Hall–Kier alpha value is -1.91. The van der Waals surface area contributed by atoms with Crippen molar-refractivity contribution in [1.82, 2.24) is 10.6 Å². The number of guanidine groups is 1. The number of nitrogens with zero attached hydrogens (tertiary/aromatic N) is 2. The molecule has 0 aliphatic carbocycles. The number of thiophene rings is 1. The third-order valence-corrected chi connectivity index (χ3v) is 5.63. The van der Waals surface area contributed by atoms with E-state index in [1.54, 1.807) is 29.4 Å². The Morgan fingerprint density at radius 2 is 1.93 bits per heavy atom. The van der Waals surface area contributed by atoms with Crippen molar-refractivity contribution < 1.29 is 9.50 Å². The number of anilines is 1. The van der Waals surface area contributed by atoms with Gasteiger partial charge >= 0.3 is 0 Å². The molecule has 29 heavy (non-hydrogen) atoms. The predicted molar refractivity (Wildman–Crippen MR) is 131 cm³/mol. The zero-order valence-corrected chi connectivity index (χ0v) is 19.8. The molecule has 0 amide bonds. The Bertz CT molecular complexity index is 943. The Kier molecular flexibility index (Phi) is 8.66. The Morgan fingerprint density at radius 1 is 1.17 bits per heavy atom. The largest absolute Gasteiger partial charge is 0.386 e. The minimum absolute atomic E-state index is 0. The standard InChI is InChI=1S/C21H25FN4OS.HI/c1-23-21(24-12-14-8-9-17(26(2)3)16(22)10-14)25-13-18(27)20-11-15-6-4-5-7-19(15)28-20;/h4-11,18,27H,12-13H2,1-3H3,(H2,23,24,25);1H. The van der Waals surface area contributed by atoms with Crippen LogP contribution in [0.2, 0.25) is 0 Å². The van der Waals surface area contributed by atoms with Crippen LogP contribution in [-0.2, 0) is 6.54 Å². The molecule has 156 valence electrons. The van der Waals surface area contributed by atoms with Gasteiger partial charge in [-0.1, -0.05) is 24.3 Å². The third kappa shape index (κ3) is 6.03. The van der Waals surface area contributed by atoms with Crippen molar-refractivity contribution in [2.45, 2.75) is 12.6 Å². The maximum absolute atomic E-state index is 14.1. The van der Waals surface area contributed by atoms with Gasteiger partial charge in [0.1, 0.15) is 11.9 Å². The van der Waals surface area contributed by atoms with Gasteiger partial charge in [-0.15, -0.1) is 35.3 Å². The zero-order valence-electron chi connectivity index (χ0n) is 16.6. The highest BCUT2D eigenvalue weighted by Crippen LogP contribution is 2.29. The molecule has 3 N–H and O–H groups in total. The van der Waals surface area contributed by atoms with Gasteiger partial charge in [0.05, 0.1) is 5.69 Å². The van der Waals surface area contributed by atoms with Crippen LogP contribution in [0.3, 0.4) is 0 Å². The first-order valence-corrected chi connectivity index (χ1v) is 9.86. The average Bonchev–Trinajstić information content (AvgIpc) is 3.12. The van der Waals surface area contributed by atoms with Crippen molar-refractivity contribution in [3.05, 3.63) is 64.8 Å². The number of fused-ring (bicyclic) bond motifs is 1. The molecule has 1 aromatic heterocycles. The molecule has 1 heterocycles. The number of aliphatic hydroxyl groups is 1. The van der Waals surface area contributed by atoms with Gasteiger partial charge in [-0.3, -0.25) is 4.99 Å². The molecule has 0 saturated heterocycles. The topological polar surface area (TPSA) is 59.9 Å². The van der Waals surface area contributed by atoms with Crippen molar-refractivity contribution in [3.63, 3.8) is 0 Å². The lowest BCUT2D eigenvalue weighted by atomic mass is 10.2. The van der Waals surface area contributed by atoms with Crippen molar-refractivity contribution in [1.29, 1.82) is 0 Å². The minimum atomic E-state index is -0.632. The quantitative estimate of drug-likeness (QED) is 0.256. The van der Waals surface area contributed by atoms with Gasteiger partial charge in [0.2, 0.25) is 0 Å². The van der Waals surface area contributed by atoms with Crippen molar-refractivity contribution in [2.24, 2.45) is 4.99 Å². The van der Waals surface area contributed by atoms with E-state index in [0.29, 0.717) is 24.7 Å². The molecule has 1 unspecified atom stereocenters. The first kappa shape index (κ1) is 23.4. The first-order valence-electron chi connectivity index (χ1n) is 9.04. The molecule has 3 rings (SSSR count). The number of aliphatic imine (C=N–C) groups is 1. The van der Waals surface area contributed by atoms with Crippen LogP contribution in [0.1, 0.15) is 16.5 Å². The van der Waals surface area contributed by atoms with Gasteiger partial charge in [-0.25, -0.2) is 4.39 Å². The number of halogens is 2. The van der Waals surface area contributed by atoms with E-state index in [0.717, 1.165) is 20.5 Å². The van der Waals surface area contributed by atoms with Crippen LogP contribution >= 0.6 is 35.3 Å². The number of aliphatic hydroxyl groups excluding tert-OH is 1. The maximum Gasteiger partial charge on any atom is 0.191 e. The van der Waals surface area contributed by atoms with Gasteiger partial charge in [-0.05, 0) is 35.2 Å². The molecule has 0 aliphatic heterocycles. The van der Waals surface area contributed by atoms with Gasteiger partial charge in [0.15, 0.2) is 5.96 Å². The first-order chi connectivity index (χ1) is 13.5. The van der Waals surface area contributed by atoms with Gasteiger partial charge in [-0.2, -0.15) is 0 Å². The smallest absolute Gasteiger partial charge is 0.191 e. The van der Waals surface area contributed by atoms with Crippen LogP contribution in [0.25, 0.3) is 10.1 Å². The van der Waals surface area contributed by atoms with Crippen molar-refractivity contribution >= 4 is 57.0 Å². The highest BCUT2D eigenvalue weighted by atomic mass is 127. The second-order valence-corrected chi connectivity index (χ2v) is 7.80. The average molecular weight is 528 g/mol. The SMILES string of the molecule is CN=C(NCc1ccc(N(C)C)c(F)c1)NCC(O)c1cc2ccccc2s1.I. The molecule has 0 saturated carbocycles. The van der Waals surface area contributed by atoms with Gasteiger partial charge in [0.25, 0.3) is 0 Å². The fourth-order valence-electron chi connectivity index (χ4n) is 2.89. The van der Waals surface area contributed by atoms with Gasteiger partial charge < -0.3 is 20.6 Å². The predicted octanol–water partition coefficient (Wildman–Crippen LogP) is 4.12. The van der Waals surface area contributed by atoms with E-state index in [2.05, 4.69) is 15.6 Å². The fourth-order valence-corrected chi connectivity index (χ4v) is 3.94. The van der Waals surface area contributed by atoms with E-state index in [-0.39, 0.29) is 29.8 Å². The highest BCUT2D eigenvalue weighted by Gasteiger charge is 2.12. The van der Waals surface area contributed by atoms with Crippen LogP contribution in [-0.4, -0.2) is 38.8 Å². The normalized spacial score (nSPS) is 12.4. The van der Waals surface area contributed by atoms with Crippen LogP contribution in [0.15, 0.2) is 53.5 Å². The monoisotopic (exact) mass is 528 g/mol. The Balaban J connectivity index is 0.00000300. The molecule has 8 heteroatoms. The van der Waals surface area contributed by atoms with Crippen LogP contribution < -0.4 is 15.5 Å². The van der Waals surface area contributed by atoms with E-state index >= 15 is 0 Å². The number of benzene rings is 2. The summed E-state index contributed by atoms with van der Waals surface area (Å²) >= 11 is 1.58. The lowest BCUT2D eigenvalue weighted by molar-refractivity contribution is 0.184. The van der Waals surface area contributed by atoms with E-state index < -0.39 is 6.10 Å². The molecular formula is C21H26FIN4OS. The van der Waals surface area contributed by atoms with Crippen LogP contribution in [0, 0.1) is 5.82 Å². The summed E-state index contributed by atoms with van der Waals surface area (Å²) in [5, 5.41) is 17.9. The van der Waals surface area contributed by atoms with Gasteiger partial charge in [0, 0.05) is 43.8 Å². The number of hydrogen-bond donors (Lipinski definition) is 3. The molecule has 0 aliphatic rings. The summed E-state index contributed by atoms with van der Waals surface area (Å²) < 4.78 is 15.2.